The minimum absolute atomic E-state index is 0.216. The van der Waals surface area contributed by atoms with Crippen molar-refractivity contribution in [2.45, 2.75) is 11.6 Å². The van der Waals surface area contributed by atoms with Crippen molar-refractivity contribution in [3.05, 3.63) is 16.4 Å². The number of nitrogens with one attached hydrogen (secondary N) is 1. The summed E-state index contributed by atoms with van der Waals surface area (Å²) in [6.07, 6.45) is 0.916. The standard InChI is InChI=1S/C8H13N3O2S/c1-13-3-2-4-14-8-10-6(9)5-7(12)11-8/h5H,2-4H2,1H3,(H3,9,10,11,12). The zero-order valence-electron chi connectivity index (χ0n) is 7.95. The lowest BCUT2D eigenvalue weighted by Crippen LogP contribution is -2.09. The number of nitrogens with zero attached hydrogens (tertiary/aromatic N) is 1. The lowest BCUT2D eigenvalue weighted by molar-refractivity contribution is 0.200. The molecule has 0 saturated heterocycles. The Morgan fingerprint density at radius 1 is 1.71 bits per heavy atom. The predicted octanol–water partition coefficient (Wildman–Crippen LogP) is 0.481. The van der Waals surface area contributed by atoms with Gasteiger partial charge in [-0.15, -0.1) is 0 Å². The molecule has 0 aliphatic rings. The zero-order valence-corrected chi connectivity index (χ0v) is 8.76. The molecule has 0 saturated carbocycles. The molecule has 0 aliphatic heterocycles. The molecule has 1 aromatic rings. The van der Waals surface area contributed by atoms with Crippen molar-refractivity contribution in [2.24, 2.45) is 0 Å². The molecular formula is C8H13N3O2S. The smallest absolute Gasteiger partial charge is 0.253 e. The zero-order chi connectivity index (χ0) is 10.4. The van der Waals surface area contributed by atoms with Crippen LogP contribution in [0.5, 0.6) is 0 Å². The first-order valence-electron chi connectivity index (χ1n) is 4.21. The van der Waals surface area contributed by atoms with Gasteiger partial charge >= 0.3 is 0 Å². The van der Waals surface area contributed by atoms with Crippen LogP contribution in [-0.2, 0) is 4.74 Å². The number of methoxy groups -OCH3 is 1. The fraction of sp³-hybridized carbons (Fsp3) is 0.500. The van der Waals surface area contributed by atoms with Crippen LogP contribution >= 0.6 is 11.8 Å². The van der Waals surface area contributed by atoms with Gasteiger partial charge in [-0.3, -0.25) is 4.79 Å². The van der Waals surface area contributed by atoms with E-state index in [4.69, 9.17) is 10.5 Å². The fourth-order valence-corrected chi connectivity index (χ4v) is 1.69. The van der Waals surface area contributed by atoms with Gasteiger partial charge in [0.05, 0.1) is 0 Å². The second kappa shape index (κ2) is 5.66. The van der Waals surface area contributed by atoms with Gasteiger partial charge < -0.3 is 15.5 Å². The lowest BCUT2D eigenvalue weighted by Gasteiger charge is -2.00. The van der Waals surface area contributed by atoms with Gasteiger partial charge in [0, 0.05) is 25.5 Å². The second-order valence-electron chi connectivity index (χ2n) is 2.67. The quantitative estimate of drug-likeness (QED) is 0.424. The highest BCUT2D eigenvalue weighted by atomic mass is 32.2. The molecule has 78 valence electrons. The number of H-pyrrole nitrogens is 1. The molecule has 5 nitrogen and oxygen atoms in total. The second-order valence-corrected chi connectivity index (χ2v) is 3.75. The average molecular weight is 215 g/mol. The van der Waals surface area contributed by atoms with E-state index < -0.39 is 0 Å². The van der Waals surface area contributed by atoms with E-state index in [2.05, 4.69) is 9.97 Å². The summed E-state index contributed by atoms with van der Waals surface area (Å²) in [5.74, 6) is 1.10. The molecule has 0 bridgehead atoms. The predicted molar refractivity (Wildman–Crippen MR) is 56.5 cm³/mol. The molecular weight excluding hydrogens is 202 g/mol. The van der Waals surface area contributed by atoms with Gasteiger partial charge in [0.15, 0.2) is 5.16 Å². The third kappa shape index (κ3) is 3.80. The highest BCUT2D eigenvalue weighted by Crippen LogP contribution is 2.12. The van der Waals surface area contributed by atoms with E-state index in [0.717, 1.165) is 12.2 Å². The molecule has 0 fully saturated rings. The Kier molecular flexibility index (Phi) is 4.48. The Labute approximate surface area is 86.1 Å². The molecule has 0 unspecified atom stereocenters. The van der Waals surface area contributed by atoms with Crippen molar-refractivity contribution in [3.63, 3.8) is 0 Å². The molecule has 6 heteroatoms. The Morgan fingerprint density at radius 2 is 2.50 bits per heavy atom. The maximum Gasteiger partial charge on any atom is 0.253 e. The number of nitrogens with two attached hydrogens (primary N) is 1. The van der Waals surface area contributed by atoms with E-state index in [1.54, 1.807) is 7.11 Å². The summed E-state index contributed by atoms with van der Waals surface area (Å²) in [6, 6.07) is 1.26. The minimum atomic E-state index is -0.216. The number of nitrogen functional groups attached to an aromatic ring is 1. The van der Waals surface area contributed by atoms with E-state index in [9.17, 15) is 4.79 Å². The number of ether oxygens (including phenoxy) is 1. The van der Waals surface area contributed by atoms with Crippen LogP contribution in [-0.4, -0.2) is 29.4 Å². The topological polar surface area (TPSA) is 81.0 Å². The van der Waals surface area contributed by atoms with Crippen molar-refractivity contribution < 1.29 is 4.74 Å². The normalized spacial score (nSPS) is 10.4. The number of rotatable bonds is 5. The van der Waals surface area contributed by atoms with E-state index in [1.807, 2.05) is 0 Å². The summed E-state index contributed by atoms with van der Waals surface area (Å²) >= 11 is 1.46. The molecule has 1 heterocycles. The van der Waals surface area contributed by atoms with Crippen LogP contribution in [0.25, 0.3) is 0 Å². The van der Waals surface area contributed by atoms with Gasteiger partial charge in [-0.25, -0.2) is 4.98 Å². The maximum atomic E-state index is 11.0. The summed E-state index contributed by atoms with van der Waals surface area (Å²) < 4.78 is 4.90. The van der Waals surface area contributed by atoms with Crippen LogP contribution in [0, 0.1) is 0 Å². The maximum absolute atomic E-state index is 11.0. The minimum Gasteiger partial charge on any atom is -0.385 e. The van der Waals surface area contributed by atoms with Gasteiger partial charge in [-0.1, -0.05) is 11.8 Å². The highest BCUT2D eigenvalue weighted by molar-refractivity contribution is 7.99. The van der Waals surface area contributed by atoms with Gasteiger partial charge in [-0.05, 0) is 6.42 Å². The first-order valence-corrected chi connectivity index (χ1v) is 5.19. The van der Waals surface area contributed by atoms with Crippen molar-refractivity contribution in [3.8, 4) is 0 Å². The SMILES string of the molecule is COCCCSc1nc(N)cc(=O)[nH]1. The molecule has 3 N–H and O–H groups in total. The molecule has 0 amide bonds. The Bertz CT molecular complexity index is 340. The number of hydrogen-bond donors (Lipinski definition) is 2. The van der Waals surface area contributed by atoms with Gasteiger partial charge in [0.1, 0.15) is 5.82 Å². The summed E-state index contributed by atoms with van der Waals surface area (Å²) in [5, 5.41) is 0.561. The number of aromatic amines is 1. The van der Waals surface area contributed by atoms with Crippen molar-refractivity contribution in [2.75, 3.05) is 25.2 Å². The Balaban J connectivity index is 2.46. The first kappa shape index (κ1) is 11.1. The average Bonchev–Trinajstić information content (AvgIpc) is 2.11. The van der Waals surface area contributed by atoms with E-state index >= 15 is 0 Å². The Morgan fingerprint density at radius 3 is 3.14 bits per heavy atom. The third-order valence-electron chi connectivity index (χ3n) is 1.47. The van der Waals surface area contributed by atoms with Gasteiger partial charge in [0.25, 0.3) is 5.56 Å². The molecule has 0 aromatic carbocycles. The molecule has 14 heavy (non-hydrogen) atoms. The molecule has 0 aliphatic carbocycles. The molecule has 0 atom stereocenters. The van der Waals surface area contributed by atoms with Gasteiger partial charge in [0.2, 0.25) is 0 Å². The van der Waals surface area contributed by atoms with Gasteiger partial charge in [-0.2, -0.15) is 0 Å². The van der Waals surface area contributed by atoms with E-state index in [0.29, 0.717) is 11.8 Å². The number of anilines is 1. The summed E-state index contributed by atoms with van der Waals surface area (Å²) in [5.41, 5.74) is 5.20. The summed E-state index contributed by atoms with van der Waals surface area (Å²) in [4.78, 5) is 17.6. The van der Waals surface area contributed by atoms with Crippen LogP contribution in [0.1, 0.15) is 6.42 Å². The van der Waals surface area contributed by atoms with E-state index in [1.165, 1.54) is 17.8 Å². The molecule has 1 aromatic heterocycles. The van der Waals surface area contributed by atoms with Crippen LogP contribution < -0.4 is 11.3 Å². The van der Waals surface area contributed by atoms with Crippen LogP contribution in [0.15, 0.2) is 16.0 Å². The number of thioether (sulfide) groups is 1. The largest absolute Gasteiger partial charge is 0.385 e. The lowest BCUT2D eigenvalue weighted by atomic mass is 10.5. The molecule has 1 rings (SSSR count). The van der Waals surface area contributed by atoms with E-state index in [-0.39, 0.29) is 11.4 Å². The van der Waals surface area contributed by atoms with Crippen molar-refractivity contribution in [1.29, 1.82) is 0 Å². The monoisotopic (exact) mass is 215 g/mol. The third-order valence-corrected chi connectivity index (χ3v) is 2.43. The summed E-state index contributed by atoms with van der Waals surface area (Å²) in [6.45, 7) is 0.708. The number of aromatic nitrogens is 2. The Hall–Kier alpha value is -1.01. The fourth-order valence-electron chi connectivity index (χ4n) is 0.894. The van der Waals surface area contributed by atoms with Crippen LogP contribution in [0.2, 0.25) is 0 Å². The molecule has 0 radical (unpaired) electrons. The van der Waals surface area contributed by atoms with Crippen LogP contribution in [0.4, 0.5) is 5.82 Å². The van der Waals surface area contributed by atoms with Crippen LogP contribution in [0.3, 0.4) is 0 Å². The number of hydrogen-bond acceptors (Lipinski definition) is 5. The van der Waals surface area contributed by atoms with Crippen molar-refractivity contribution in [1.82, 2.24) is 9.97 Å². The molecule has 0 spiro atoms. The van der Waals surface area contributed by atoms with Crippen molar-refractivity contribution >= 4 is 17.6 Å². The summed E-state index contributed by atoms with van der Waals surface area (Å²) in [7, 11) is 1.66. The first-order chi connectivity index (χ1) is 6.72. The highest BCUT2D eigenvalue weighted by Gasteiger charge is 1.98.